The van der Waals surface area contributed by atoms with Crippen LogP contribution in [-0.2, 0) is 6.54 Å². The lowest BCUT2D eigenvalue weighted by molar-refractivity contribution is 0.198. The highest BCUT2D eigenvalue weighted by Gasteiger charge is 2.20. The van der Waals surface area contributed by atoms with Crippen LogP contribution < -0.4 is 15.2 Å². The van der Waals surface area contributed by atoms with Gasteiger partial charge in [0.15, 0.2) is 17.5 Å². The zero-order valence-corrected chi connectivity index (χ0v) is 14.7. The summed E-state index contributed by atoms with van der Waals surface area (Å²) in [5.74, 6) is 2.26. The van der Waals surface area contributed by atoms with Crippen molar-refractivity contribution in [2.24, 2.45) is 10.7 Å². The fraction of sp³-hybridized carbons (Fsp3) is 0.632. The fourth-order valence-corrected chi connectivity index (χ4v) is 3.54. The molecule has 1 saturated heterocycles. The minimum absolute atomic E-state index is 0.295. The molecule has 0 radical (unpaired) electrons. The Bertz CT molecular complexity index is 562. The van der Waals surface area contributed by atoms with Crippen molar-refractivity contribution in [2.45, 2.75) is 57.6 Å². The fourth-order valence-electron chi connectivity index (χ4n) is 3.54. The summed E-state index contributed by atoms with van der Waals surface area (Å²) in [6, 6.07) is 5.99. The summed E-state index contributed by atoms with van der Waals surface area (Å²) >= 11 is 0. The molecule has 0 atom stereocenters. The largest absolute Gasteiger partial charge is 0.493 e. The quantitative estimate of drug-likeness (QED) is 0.664. The Morgan fingerprint density at radius 2 is 1.92 bits per heavy atom. The summed E-state index contributed by atoms with van der Waals surface area (Å²) < 4.78 is 11.8. The van der Waals surface area contributed by atoms with Gasteiger partial charge in [-0.1, -0.05) is 12.1 Å². The molecule has 1 heterocycles. The van der Waals surface area contributed by atoms with Gasteiger partial charge in [-0.15, -0.1) is 0 Å². The second kappa shape index (κ2) is 8.27. The minimum Gasteiger partial charge on any atom is -0.493 e. The number of nitrogens with zero attached hydrogens (tertiary/aromatic N) is 2. The summed E-state index contributed by atoms with van der Waals surface area (Å²) in [6.07, 6.45) is 8.72. The molecule has 1 aromatic rings. The number of nitrogens with two attached hydrogens (primary N) is 1. The molecule has 1 aliphatic carbocycles. The van der Waals surface area contributed by atoms with Crippen LogP contribution in [0, 0.1) is 0 Å². The van der Waals surface area contributed by atoms with Gasteiger partial charge < -0.3 is 20.1 Å². The molecule has 1 saturated carbocycles. The van der Waals surface area contributed by atoms with E-state index in [9.17, 15) is 0 Å². The predicted molar refractivity (Wildman–Crippen MR) is 96.6 cm³/mol. The maximum absolute atomic E-state index is 6.26. The van der Waals surface area contributed by atoms with Gasteiger partial charge in [0, 0.05) is 18.7 Å². The summed E-state index contributed by atoms with van der Waals surface area (Å²) in [5, 5.41) is 0. The lowest BCUT2D eigenvalue weighted by Crippen LogP contribution is -2.40. The van der Waals surface area contributed by atoms with Gasteiger partial charge in [0.1, 0.15) is 0 Å². The zero-order chi connectivity index (χ0) is 16.8. The Kier molecular flexibility index (Phi) is 5.83. The number of aliphatic imine (C=N–C) groups is 1. The number of methoxy groups -OCH3 is 1. The number of para-hydroxylation sites is 1. The van der Waals surface area contributed by atoms with Crippen molar-refractivity contribution in [3.05, 3.63) is 23.8 Å². The molecule has 5 heteroatoms. The number of benzene rings is 1. The Morgan fingerprint density at radius 3 is 2.62 bits per heavy atom. The third-order valence-electron chi connectivity index (χ3n) is 4.96. The van der Waals surface area contributed by atoms with Gasteiger partial charge in [0.25, 0.3) is 0 Å². The van der Waals surface area contributed by atoms with E-state index in [1.54, 1.807) is 7.11 Å². The van der Waals surface area contributed by atoms with Crippen molar-refractivity contribution in [3.8, 4) is 11.5 Å². The molecule has 24 heavy (non-hydrogen) atoms. The van der Waals surface area contributed by atoms with E-state index in [4.69, 9.17) is 15.2 Å². The first-order valence-corrected chi connectivity index (χ1v) is 9.15. The Balaban J connectivity index is 1.73. The van der Waals surface area contributed by atoms with Gasteiger partial charge in [0.2, 0.25) is 0 Å². The Hall–Kier alpha value is -1.91. The second-order valence-electron chi connectivity index (χ2n) is 6.69. The minimum atomic E-state index is 0.295. The van der Waals surface area contributed by atoms with E-state index < -0.39 is 0 Å². The molecule has 0 amide bonds. The van der Waals surface area contributed by atoms with Crippen molar-refractivity contribution in [2.75, 3.05) is 20.2 Å². The average Bonchev–Trinajstić information content (AvgIpc) is 3.14. The number of likely N-dealkylation sites (tertiary alicyclic amines) is 1. The lowest BCUT2D eigenvalue weighted by atomic mass is 10.1. The Labute approximate surface area is 144 Å². The van der Waals surface area contributed by atoms with Crippen LogP contribution in [0.1, 0.15) is 50.5 Å². The van der Waals surface area contributed by atoms with Crippen molar-refractivity contribution in [3.63, 3.8) is 0 Å². The molecule has 1 aliphatic heterocycles. The van der Waals surface area contributed by atoms with E-state index in [2.05, 4.69) is 16.0 Å². The van der Waals surface area contributed by atoms with E-state index in [1.165, 1.54) is 32.1 Å². The van der Waals surface area contributed by atoms with Gasteiger partial charge in [-0.2, -0.15) is 0 Å². The van der Waals surface area contributed by atoms with Crippen LogP contribution in [-0.4, -0.2) is 37.2 Å². The van der Waals surface area contributed by atoms with Crippen LogP contribution >= 0.6 is 0 Å². The highest BCUT2D eigenvalue weighted by molar-refractivity contribution is 5.78. The molecule has 0 bridgehead atoms. The standard InChI is InChI=1S/C19H29N3O2/c1-23-17-11-7-8-15(18(17)24-16-9-3-4-10-16)14-21-19(20)22-12-5-2-6-13-22/h7-8,11,16H,2-6,9-10,12-14H2,1H3,(H2,20,21). The highest BCUT2D eigenvalue weighted by Crippen LogP contribution is 2.35. The molecule has 3 rings (SSSR count). The first-order valence-electron chi connectivity index (χ1n) is 9.15. The summed E-state index contributed by atoms with van der Waals surface area (Å²) in [7, 11) is 1.69. The van der Waals surface area contributed by atoms with Gasteiger partial charge in [-0.3, -0.25) is 0 Å². The topological polar surface area (TPSA) is 60.1 Å². The van der Waals surface area contributed by atoms with E-state index in [0.717, 1.165) is 43.0 Å². The SMILES string of the molecule is COc1cccc(CN=C(N)N2CCCCC2)c1OC1CCCC1. The molecule has 132 valence electrons. The van der Waals surface area contributed by atoms with E-state index in [-0.39, 0.29) is 0 Å². The molecule has 2 fully saturated rings. The zero-order valence-electron chi connectivity index (χ0n) is 14.7. The van der Waals surface area contributed by atoms with Gasteiger partial charge in [-0.25, -0.2) is 4.99 Å². The third-order valence-corrected chi connectivity index (χ3v) is 4.96. The maximum Gasteiger partial charge on any atom is 0.191 e. The van der Waals surface area contributed by atoms with Crippen LogP contribution in [0.2, 0.25) is 0 Å². The second-order valence-corrected chi connectivity index (χ2v) is 6.69. The first kappa shape index (κ1) is 16.9. The van der Waals surface area contributed by atoms with Gasteiger partial charge in [0.05, 0.1) is 19.8 Å². The molecule has 0 unspecified atom stereocenters. The summed E-state index contributed by atoms with van der Waals surface area (Å²) in [5.41, 5.74) is 7.23. The number of rotatable bonds is 5. The smallest absolute Gasteiger partial charge is 0.191 e. The van der Waals surface area contributed by atoms with Crippen molar-refractivity contribution in [1.82, 2.24) is 4.90 Å². The molecule has 0 aromatic heterocycles. The van der Waals surface area contributed by atoms with Crippen LogP contribution in [0.3, 0.4) is 0 Å². The number of piperidine rings is 1. The van der Waals surface area contributed by atoms with Crippen molar-refractivity contribution >= 4 is 5.96 Å². The molecule has 2 aliphatic rings. The van der Waals surface area contributed by atoms with Crippen molar-refractivity contribution in [1.29, 1.82) is 0 Å². The first-order chi connectivity index (χ1) is 11.8. The van der Waals surface area contributed by atoms with E-state index in [0.29, 0.717) is 18.6 Å². The van der Waals surface area contributed by atoms with Gasteiger partial charge in [-0.05, 0) is 51.0 Å². The lowest BCUT2D eigenvalue weighted by Gasteiger charge is -2.27. The monoisotopic (exact) mass is 331 g/mol. The van der Waals surface area contributed by atoms with Crippen molar-refractivity contribution < 1.29 is 9.47 Å². The normalized spacial score (nSPS) is 19.5. The molecule has 5 nitrogen and oxygen atoms in total. The Morgan fingerprint density at radius 1 is 1.17 bits per heavy atom. The van der Waals surface area contributed by atoms with Crippen LogP contribution in [0.5, 0.6) is 11.5 Å². The molecular weight excluding hydrogens is 302 g/mol. The third kappa shape index (κ3) is 4.13. The van der Waals surface area contributed by atoms with Crippen LogP contribution in [0.25, 0.3) is 0 Å². The maximum atomic E-state index is 6.26. The van der Waals surface area contributed by atoms with E-state index in [1.807, 2.05) is 12.1 Å². The van der Waals surface area contributed by atoms with Crippen LogP contribution in [0.15, 0.2) is 23.2 Å². The summed E-state index contributed by atoms with van der Waals surface area (Å²) in [6.45, 7) is 2.55. The number of hydrogen-bond acceptors (Lipinski definition) is 3. The van der Waals surface area contributed by atoms with Crippen LogP contribution in [0.4, 0.5) is 0 Å². The predicted octanol–water partition coefficient (Wildman–Crippen LogP) is 3.32. The number of ether oxygens (including phenoxy) is 2. The molecule has 2 N–H and O–H groups in total. The molecule has 1 aromatic carbocycles. The molecule has 0 spiro atoms. The average molecular weight is 331 g/mol. The number of hydrogen-bond donors (Lipinski definition) is 1. The number of guanidine groups is 1. The van der Waals surface area contributed by atoms with E-state index >= 15 is 0 Å². The van der Waals surface area contributed by atoms with Gasteiger partial charge >= 0.3 is 0 Å². The highest BCUT2D eigenvalue weighted by atomic mass is 16.5. The molecular formula is C19H29N3O2. The summed E-state index contributed by atoms with van der Waals surface area (Å²) in [4.78, 5) is 6.80.